The zero-order valence-corrected chi connectivity index (χ0v) is 11.6. The van der Waals surface area contributed by atoms with E-state index >= 15 is 0 Å². The van der Waals surface area contributed by atoms with Crippen molar-refractivity contribution in [1.82, 2.24) is 9.78 Å². The highest BCUT2D eigenvalue weighted by Crippen LogP contribution is 2.59. The minimum Gasteiger partial charge on any atom is -0.480 e. The molecule has 5 rings (SSSR count). The molecule has 0 radical (unpaired) electrons. The zero-order chi connectivity index (χ0) is 13.0. The number of rotatable bonds is 3. The largest absolute Gasteiger partial charge is 0.480 e. The molecule has 0 aliphatic heterocycles. The molecule has 4 bridgehead atoms. The van der Waals surface area contributed by atoms with Crippen LogP contribution in [0, 0.1) is 17.8 Å². The smallest absolute Gasteiger partial charge is 0.232 e. The van der Waals surface area contributed by atoms with Crippen LogP contribution in [0.4, 0.5) is 0 Å². The Morgan fingerprint density at radius 3 is 2.32 bits per heavy atom. The minimum atomic E-state index is 0.250. The molecule has 0 aromatic carbocycles. The normalized spacial score (nSPS) is 39.8. The van der Waals surface area contributed by atoms with Gasteiger partial charge in [0, 0.05) is 12.6 Å². The highest BCUT2D eigenvalue weighted by molar-refractivity contribution is 5.19. The summed E-state index contributed by atoms with van der Waals surface area (Å²) in [5.74, 6) is 3.49. The predicted octanol–water partition coefficient (Wildman–Crippen LogP) is 2.28. The number of nitrogens with two attached hydrogens (primary N) is 1. The first-order valence-corrected chi connectivity index (χ1v) is 7.56. The molecule has 4 fully saturated rings. The Morgan fingerprint density at radius 1 is 1.26 bits per heavy atom. The molecule has 4 saturated carbocycles. The van der Waals surface area contributed by atoms with Crippen LogP contribution < -0.4 is 10.5 Å². The molecule has 0 unspecified atom stereocenters. The molecule has 1 aromatic rings. The van der Waals surface area contributed by atoms with Gasteiger partial charge in [-0.05, 0) is 56.3 Å². The summed E-state index contributed by atoms with van der Waals surface area (Å²) in [4.78, 5) is 0. The average molecular weight is 261 g/mol. The lowest BCUT2D eigenvalue weighted by Gasteiger charge is -2.56. The summed E-state index contributed by atoms with van der Waals surface area (Å²) in [6.07, 6.45) is 8.27. The highest BCUT2D eigenvalue weighted by atomic mass is 16.5. The topological polar surface area (TPSA) is 53.1 Å². The Labute approximate surface area is 114 Å². The van der Waals surface area contributed by atoms with E-state index in [9.17, 15) is 0 Å². The molecule has 4 nitrogen and oxygen atoms in total. The second kappa shape index (κ2) is 3.98. The molecule has 4 aliphatic carbocycles. The van der Waals surface area contributed by atoms with E-state index in [1.165, 1.54) is 38.5 Å². The van der Waals surface area contributed by atoms with Crippen LogP contribution in [0.1, 0.15) is 44.2 Å². The van der Waals surface area contributed by atoms with Crippen molar-refractivity contribution in [2.45, 2.75) is 50.6 Å². The highest BCUT2D eigenvalue weighted by Gasteiger charge is 2.52. The molecule has 19 heavy (non-hydrogen) atoms. The Morgan fingerprint density at radius 2 is 1.84 bits per heavy atom. The first-order valence-electron chi connectivity index (χ1n) is 7.56. The summed E-state index contributed by atoms with van der Waals surface area (Å²) in [6, 6.07) is 2.01. The first kappa shape index (κ1) is 11.8. The van der Waals surface area contributed by atoms with Gasteiger partial charge in [-0.3, -0.25) is 4.68 Å². The molecule has 4 heteroatoms. The summed E-state index contributed by atoms with van der Waals surface area (Å²) in [5, 5.41) is 4.70. The molecule has 0 spiro atoms. The fourth-order valence-corrected chi connectivity index (χ4v) is 5.38. The average Bonchev–Trinajstić information content (AvgIpc) is 2.81. The SMILES string of the molecule is COc1cc(CN)n(C23CC4CC(CC(C4)C2)C3)n1. The van der Waals surface area contributed by atoms with Gasteiger partial charge in [0.25, 0.3) is 0 Å². The van der Waals surface area contributed by atoms with Gasteiger partial charge < -0.3 is 10.5 Å². The van der Waals surface area contributed by atoms with Crippen molar-refractivity contribution >= 4 is 0 Å². The Hall–Kier alpha value is -1.03. The number of methoxy groups -OCH3 is 1. The number of ether oxygens (including phenoxy) is 1. The number of hydrogen-bond acceptors (Lipinski definition) is 3. The maximum absolute atomic E-state index is 5.92. The van der Waals surface area contributed by atoms with Crippen LogP contribution in [0.3, 0.4) is 0 Å². The van der Waals surface area contributed by atoms with Crippen molar-refractivity contribution in [3.05, 3.63) is 11.8 Å². The van der Waals surface area contributed by atoms with E-state index in [4.69, 9.17) is 15.6 Å². The summed E-state index contributed by atoms with van der Waals surface area (Å²) in [5.41, 5.74) is 7.31. The molecule has 104 valence electrons. The molecule has 0 saturated heterocycles. The molecule has 4 aliphatic rings. The number of hydrogen-bond donors (Lipinski definition) is 1. The van der Waals surface area contributed by atoms with Gasteiger partial charge in [-0.25, -0.2) is 0 Å². The van der Waals surface area contributed by atoms with Gasteiger partial charge in [-0.1, -0.05) is 0 Å². The fourth-order valence-electron chi connectivity index (χ4n) is 5.38. The van der Waals surface area contributed by atoms with Gasteiger partial charge >= 0.3 is 0 Å². The summed E-state index contributed by atoms with van der Waals surface area (Å²) < 4.78 is 7.56. The van der Waals surface area contributed by atoms with E-state index in [1.54, 1.807) is 7.11 Å². The summed E-state index contributed by atoms with van der Waals surface area (Å²) in [6.45, 7) is 0.554. The van der Waals surface area contributed by atoms with Crippen molar-refractivity contribution in [2.24, 2.45) is 23.5 Å². The van der Waals surface area contributed by atoms with Crippen LogP contribution in [0.5, 0.6) is 5.88 Å². The van der Waals surface area contributed by atoms with Crippen molar-refractivity contribution in [3.63, 3.8) is 0 Å². The van der Waals surface area contributed by atoms with E-state index < -0.39 is 0 Å². The Balaban J connectivity index is 1.76. The molecule has 1 aromatic heterocycles. The van der Waals surface area contributed by atoms with Crippen molar-refractivity contribution in [1.29, 1.82) is 0 Å². The van der Waals surface area contributed by atoms with Crippen LogP contribution in [0.25, 0.3) is 0 Å². The Bertz CT molecular complexity index is 458. The fraction of sp³-hybridized carbons (Fsp3) is 0.800. The molecule has 2 N–H and O–H groups in total. The van der Waals surface area contributed by atoms with Crippen molar-refractivity contribution in [3.8, 4) is 5.88 Å². The van der Waals surface area contributed by atoms with Crippen LogP contribution in [0.15, 0.2) is 6.07 Å². The van der Waals surface area contributed by atoms with Crippen LogP contribution in [0.2, 0.25) is 0 Å². The first-order chi connectivity index (χ1) is 9.22. The maximum atomic E-state index is 5.92. The molecular formula is C15H23N3O. The van der Waals surface area contributed by atoms with E-state index in [0.717, 1.165) is 29.3 Å². The second-order valence-corrected chi connectivity index (χ2v) is 6.94. The van der Waals surface area contributed by atoms with E-state index in [2.05, 4.69) is 4.68 Å². The van der Waals surface area contributed by atoms with E-state index in [0.29, 0.717) is 6.54 Å². The molecular weight excluding hydrogens is 238 g/mol. The predicted molar refractivity (Wildman–Crippen MR) is 72.8 cm³/mol. The van der Waals surface area contributed by atoms with Crippen molar-refractivity contribution < 1.29 is 4.74 Å². The van der Waals surface area contributed by atoms with Crippen LogP contribution in [-0.4, -0.2) is 16.9 Å². The summed E-state index contributed by atoms with van der Waals surface area (Å²) in [7, 11) is 1.69. The van der Waals surface area contributed by atoms with E-state index in [1.807, 2.05) is 6.07 Å². The lowest BCUT2D eigenvalue weighted by Crippen LogP contribution is -2.52. The quantitative estimate of drug-likeness (QED) is 0.908. The van der Waals surface area contributed by atoms with Gasteiger partial charge in [0.1, 0.15) is 0 Å². The van der Waals surface area contributed by atoms with E-state index in [-0.39, 0.29) is 5.54 Å². The third kappa shape index (κ3) is 1.65. The lowest BCUT2D eigenvalue weighted by molar-refractivity contribution is -0.0511. The van der Waals surface area contributed by atoms with Gasteiger partial charge in [0.05, 0.1) is 18.3 Å². The number of nitrogens with zero attached hydrogens (tertiary/aromatic N) is 2. The molecule has 1 heterocycles. The zero-order valence-electron chi connectivity index (χ0n) is 11.6. The third-order valence-electron chi connectivity index (χ3n) is 5.63. The maximum Gasteiger partial charge on any atom is 0.232 e. The third-order valence-corrected chi connectivity index (χ3v) is 5.63. The standard InChI is InChI=1S/C15H23N3O/c1-19-14-5-13(9-16)18(17-14)15-6-10-2-11(7-15)4-12(3-10)8-15/h5,10-12H,2-4,6-9,16H2,1H3. The molecule has 0 amide bonds. The van der Waals surface area contributed by atoms with Gasteiger partial charge in [-0.15, -0.1) is 5.10 Å². The van der Waals surface area contributed by atoms with Gasteiger partial charge in [0.2, 0.25) is 5.88 Å². The van der Waals surface area contributed by atoms with Crippen LogP contribution in [-0.2, 0) is 12.1 Å². The van der Waals surface area contributed by atoms with Gasteiger partial charge in [0.15, 0.2) is 0 Å². The van der Waals surface area contributed by atoms with Crippen molar-refractivity contribution in [2.75, 3.05) is 7.11 Å². The minimum absolute atomic E-state index is 0.250. The van der Waals surface area contributed by atoms with Crippen LogP contribution >= 0.6 is 0 Å². The summed E-state index contributed by atoms with van der Waals surface area (Å²) >= 11 is 0. The Kier molecular flexibility index (Phi) is 2.47. The number of aromatic nitrogens is 2. The molecule has 0 atom stereocenters. The van der Waals surface area contributed by atoms with Gasteiger partial charge in [-0.2, -0.15) is 0 Å². The lowest BCUT2D eigenvalue weighted by atomic mass is 9.53. The second-order valence-electron chi connectivity index (χ2n) is 6.94. The monoisotopic (exact) mass is 261 g/mol.